The SMILES string of the molecule is CC1CCN(CCCNC2CCCN(C(C)C)CC2)CC1. The van der Waals surface area contributed by atoms with Gasteiger partial charge in [-0.25, -0.2) is 0 Å². The number of nitrogens with zero attached hydrogens (tertiary/aromatic N) is 2. The maximum Gasteiger partial charge on any atom is 0.00797 e. The van der Waals surface area contributed by atoms with Gasteiger partial charge in [-0.05, 0) is 97.6 Å². The van der Waals surface area contributed by atoms with Crippen LogP contribution in [0.2, 0.25) is 0 Å². The highest BCUT2D eigenvalue weighted by Crippen LogP contribution is 2.16. The standard InChI is InChI=1S/C18H37N3/c1-16(2)21-12-4-6-18(9-15-21)19-10-5-11-20-13-7-17(3)8-14-20/h16-19H,4-15H2,1-3H3. The van der Waals surface area contributed by atoms with Crippen molar-refractivity contribution < 1.29 is 0 Å². The van der Waals surface area contributed by atoms with Gasteiger partial charge >= 0.3 is 0 Å². The maximum atomic E-state index is 3.82. The minimum Gasteiger partial charge on any atom is -0.314 e. The third-order valence-corrected chi connectivity index (χ3v) is 5.45. The van der Waals surface area contributed by atoms with Gasteiger partial charge in [0.05, 0.1) is 0 Å². The van der Waals surface area contributed by atoms with Crippen molar-refractivity contribution in [3.05, 3.63) is 0 Å². The highest BCUT2D eigenvalue weighted by molar-refractivity contribution is 4.77. The van der Waals surface area contributed by atoms with Crippen LogP contribution in [0.5, 0.6) is 0 Å². The van der Waals surface area contributed by atoms with Crippen molar-refractivity contribution in [3.8, 4) is 0 Å². The van der Waals surface area contributed by atoms with E-state index in [1.807, 2.05) is 0 Å². The number of piperidine rings is 1. The number of hydrogen-bond acceptors (Lipinski definition) is 3. The molecule has 3 nitrogen and oxygen atoms in total. The van der Waals surface area contributed by atoms with Crippen LogP contribution in [0.3, 0.4) is 0 Å². The zero-order chi connectivity index (χ0) is 15.1. The van der Waals surface area contributed by atoms with Crippen molar-refractivity contribution in [2.24, 2.45) is 5.92 Å². The Morgan fingerprint density at radius 3 is 2.48 bits per heavy atom. The fourth-order valence-corrected chi connectivity index (χ4v) is 3.73. The lowest BCUT2D eigenvalue weighted by molar-refractivity contribution is 0.189. The minimum absolute atomic E-state index is 0.713. The Hall–Kier alpha value is -0.120. The maximum absolute atomic E-state index is 3.82. The summed E-state index contributed by atoms with van der Waals surface area (Å²) in [5.74, 6) is 0.953. The second-order valence-electron chi connectivity index (χ2n) is 7.59. The molecule has 0 radical (unpaired) electrons. The Bertz CT molecular complexity index is 272. The first-order chi connectivity index (χ1) is 10.1. The predicted octanol–water partition coefficient (Wildman–Crippen LogP) is 2.96. The Kier molecular flexibility index (Phi) is 7.48. The summed E-state index contributed by atoms with van der Waals surface area (Å²) >= 11 is 0. The van der Waals surface area contributed by atoms with Gasteiger partial charge in [0.15, 0.2) is 0 Å². The molecule has 2 saturated heterocycles. The molecule has 0 aromatic carbocycles. The molecule has 1 unspecified atom stereocenters. The molecular weight excluding hydrogens is 258 g/mol. The second-order valence-corrected chi connectivity index (χ2v) is 7.59. The third kappa shape index (κ3) is 6.25. The molecule has 2 rings (SSSR count). The van der Waals surface area contributed by atoms with Gasteiger partial charge in [0.25, 0.3) is 0 Å². The molecule has 0 bridgehead atoms. The Morgan fingerprint density at radius 1 is 1.00 bits per heavy atom. The fourth-order valence-electron chi connectivity index (χ4n) is 3.73. The van der Waals surface area contributed by atoms with E-state index in [0.29, 0.717) is 6.04 Å². The summed E-state index contributed by atoms with van der Waals surface area (Å²) in [6.07, 6.45) is 8.19. The molecule has 1 atom stereocenters. The minimum atomic E-state index is 0.713. The summed E-state index contributed by atoms with van der Waals surface area (Å²) in [7, 11) is 0. The van der Waals surface area contributed by atoms with Crippen LogP contribution in [0.1, 0.15) is 59.3 Å². The Labute approximate surface area is 132 Å². The van der Waals surface area contributed by atoms with Crippen molar-refractivity contribution in [2.45, 2.75) is 71.4 Å². The molecule has 0 amide bonds. The lowest BCUT2D eigenvalue weighted by Crippen LogP contribution is -2.37. The smallest absolute Gasteiger partial charge is 0.00797 e. The van der Waals surface area contributed by atoms with E-state index >= 15 is 0 Å². The first-order valence-electron chi connectivity index (χ1n) is 9.35. The first kappa shape index (κ1) is 17.2. The molecular formula is C18H37N3. The van der Waals surface area contributed by atoms with Gasteiger partial charge in [0.1, 0.15) is 0 Å². The van der Waals surface area contributed by atoms with Crippen molar-refractivity contribution >= 4 is 0 Å². The highest BCUT2D eigenvalue weighted by atomic mass is 15.2. The van der Waals surface area contributed by atoms with E-state index in [1.165, 1.54) is 77.8 Å². The average Bonchev–Trinajstić information content (AvgIpc) is 2.71. The normalized spacial score (nSPS) is 27.1. The monoisotopic (exact) mass is 295 g/mol. The van der Waals surface area contributed by atoms with Gasteiger partial charge in [0, 0.05) is 12.1 Å². The van der Waals surface area contributed by atoms with Gasteiger partial charge in [-0.15, -0.1) is 0 Å². The zero-order valence-electron chi connectivity index (χ0n) is 14.6. The number of hydrogen-bond donors (Lipinski definition) is 1. The summed E-state index contributed by atoms with van der Waals surface area (Å²) in [6, 6.07) is 1.47. The Balaban J connectivity index is 1.54. The molecule has 21 heavy (non-hydrogen) atoms. The molecule has 1 N–H and O–H groups in total. The number of rotatable bonds is 6. The van der Waals surface area contributed by atoms with E-state index in [-0.39, 0.29) is 0 Å². The van der Waals surface area contributed by atoms with Crippen LogP contribution in [0, 0.1) is 5.92 Å². The predicted molar refractivity (Wildman–Crippen MR) is 91.8 cm³/mol. The van der Waals surface area contributed by atoms with E-state index < -0.39 is 0 Å². The molecule has 3 heteroatoms. The van der Waals surface area contributed by atoms with Gasteiger partial charge in [-0.1, -0.05) is 6.92 Å². The molecule has 0 saturated carbocycles. The van der Waals surface area contributed by atoms with Crippen LogP contribution in [0.25, 0.3) is 0 Å². The van der Waals surface area contributed by atoms with Crippen molar-refractivity contribution in [1.82, 2.24) is 15.1 Å². The summed E-state index contributed by atoms with van der Waals surface area (Å²) in [5, 5.41) is 3.82. The third-order valence-electron chi connectivity index (χ3n) is 5.45. The van der Waals surface area contributed by atoms with Gasteiger partial charge in [0.2, 0.25) is 0 Å². The summed E-state index contributed by atoms with van der Waals surface area (Å²) in [5.41, 5.74) is 0. The van der Waals surface area contributed by atoms with Crippen LogP contribution in [-0.2, 0) is 0 Å². The van der Waals surface area contributed by atoms with Crippen LogP contribution < -0.4 is 5.32 Å². The molecule has 2 aliphatic rings. The van der Waals surface area contributed by atoms with Gasteiger partial charge in [-0.3, -0.25) is 0 Å². The summed E-state index contributed by atoms with van der Waals surface area (Å²) < 4.78 is 0. The molecule has 0 aromatic rings. The lowest BCUT2D eigenvalue weighted by Gasteiger charge is -2.30. The molecule has 2 aliphatic heterocycles. The van der Waals surface area contributed by atoms with E-state index in [9.17, 15) is 0 Å². The summed E-state index contributed by atoms with van der Waals surface area (Å²) in [4.78, 5) is 5.30. The molecule has 0 spiro atoms. The molecule has 0 aliphatic carbocycles. The fraction of sp³-hybridized carbons (Fsp3) is 1.00. The molecule has 2 heterocycles. The molecule has 124 valence electrons. The van der Waals surface area contributed by atoms with E-state index in [4.69, 9.17) is 0 Å². The van der Waals surface area contributed by atoms with Crippen LogP contribution >= 0.6 is 0 Å². The van der Waals surface area contributed by atoms with E-state index in [0.717, 1.165) is 12.0 Å². The van der Waals surface area contributed by atoms with Crippen LogP contribution in [0.15, 0.2) is 0 Å². The van der Waals surface area contributed by atoms with Crippen LogP contribution in [0.4, 0.5) is 0 Å². The topological polar surface area (TPSA) is 18.5 Å². The molecule has 0 aromatic heterocycles. The van der Waals surface area contributed by atoms with E-state index in [2.05, 4.69) is 35.9 Å². The van der Waals surface area contributed by atoms with Gasteiger partial charge < -0.3 is 15.1 Å². The highest BCUT2D eigenvalue weighted by Gasteiger charge is 2.18. The van der Waals surface area contributed by atoms with Crippen molar-refractivity contribution in [1.29, 1.82) is 0 Å². The van der Waals surface area contributed by atoms with Crippen molar-refractivity contribution in [3.63, 3.8) is 0 Å². The second kappa shape index (κ2) is 9.12. The van der Waals surface area contributed by atoms with E-state index in [1.54, 1.807) is 0 Å². The van der Waals surface area contributed by atoms with Crippen LogP contribution in [-0.4, -0.2) is 61.2 Å². The Morgan fingerprint density at radius 2 is 1.76 bits per heavy atom. The quantitative estimate of drug-likeness (QED) is 0.760. The first-order valence-corrected chi connectivity index (χ1v) is 9.35. The lowest BCUT2D eigenvalue weighted by atomic mass is 9.99. The average molecular weight is 296 g/mol. The summed E-state index contributed by atoms with van der Waals surface area (Å²) in [6.45, 7) is 14.8. The largest absolute Gasteiger partial charge is 0.314 e. The van der Waals surface area contributed by atoms with Crippen molar-refractivity contribution in [2.75, 3.05) is 39.3 Å². The zero-order valence-corrected chi connectivity index (χ0v) is 14.6. The molecule has 2 fully saturated rings. The number of likely N-dealkylation sites (tertiary alicyclic amines) is 2. The number of nitrogens with one attached hydrogen (secondary N) is 1. The van der Waals surface area contributed by atoms with Gasteiger partial charge in [-0.2, -0.15) is 0 Å².